The van der Waals surface area contributed by atoms with Crippen LogP contribution in [0.25, 0.3) is 0 Å². The van der Waals surface area contributed by atoms with E-state index in [1.165, 1.54) is 0 Å². The highest BCUT2D eigenvalue weighted by molar-refractivity contribution is 5.94. The number of rotatable bonds is 6. The largest absolute Gasteiger partial charge is 0.352 e. The highest BCUT2D eigenvalue weighted by Gasteiger charge is 2.12. The van der Waals surface area contributed by atoms with E-state index in [0.717, 1.165) is 0 Å². The molecule has 1 aromatic rings. The van der Waals surface area contributed by atoms with Gasteiger partial charge in [0.15, 0.2) is 0 Å². The van der Waals surface area contributed by atoms with Crippen LogP contribution >= 0.6 is 0 Å². The summed E-state index contributed by atoms with van der Waals surface area (Å²) in [6.07, 6.45) is 0.696. The summed E-state index contributed by atoms with van der Waals surface area (Å²) in [7, 11) is 0. The van der Waals surface area contributed by atoms with E-state index in [9.17, 15) is 9.59 Å². The van der Waals surface area contributed by atoms with E-state index < -0.39 is 0 Å². The number of hydrogen-bond donors (Lipinski definition) is 1. The smallest absolute Gasteiger partial charge is 0.251 e. The van der Waals surface area contributed by atoms with Crippen molar-refractivity contribution in [3.8, 4) is 6.07 Å². The molecule has 5 heteroatoms. The van der Waals surface area contributed by atoms with E-state index in [-0.39, 0.29) is 17.9 Å². The number of nitriles is 1. The Labute approximate surface area is 125 Å². The molecular formula is C16H21N3O2. The Morgan fingerprint density at radius 2 is 2.10 bits per heavy atom. The molecule has 0 heterocycles. The molecule has 0 aliphatic carbocycles. The number of amides is 2. The van der Waals surface area contributed by atoms with Crippen LogP contribution in [0.15, 0.2) is 24.3 Å². The van der Waals surface area contributed by atoms with Gasteiger partial charge in [0.1, 0.15) is 0 Å². The topological polar surface area (TPSA) is 73.2 Å². The molecule has 0 radical (unpaired) electrons. The third kappa shape index (κ3) is 5.27. The zero-order chi connectivity index (χ0) is 15.8. The average Bonchev–Trinajstić information content (AvgIpc) is 2.46. The van der Waals surface area contributed by atoms with Gasteiger partial charge in [-0.25, -0.2) is 0 Å². The number of carbonyl (C=O) groups excluding carboxylic acids is 2. The third-order valence-electron chi connectivity index (χ3n) is 3.14. The second-order valence-electron chi connectivity index (χ2n) is 5.11. The number of benzene rings is 1. The van der Waals surface area contributed by atoms with Crippen LogP contribution < -0.4 is 5.32 Å². The van der Waals surface area contributed by atoms with Gasteiger partial charge in [-0.05, 0) is 38.5 Å². The molecule has 112 valence electrons. The first-order valence-electron chi connectivity index (χ1n) is 7.01. The Balaban J connectivity index is 2.43. The SMILES string of the molecule is CC(=O)N(CCCNC(=O)c1cccc(C#N)c1)C(C)C. The zero-order valence-electron chi connectivity index (χ0n) is 12.7. The van der Waals surface area contributed by atoms with Crippen LogP contribution in [0.4, 0.5) is 0 Å². The van der Waals surface area contributed by atoms with Crippen molar-refractivity contribution < 1.29 is 9.59 Å². The molecule has 2 amide bonds. The van der Waals surface area contributed by atoms with Crippen LogP contribution in [0.2, 0.25) is 0 Å². The van der Waals surface area contributed by atoms with Crippen molar-refractivity contribution in [2.75, 3.05) is 13.1 Å². The lowest BCUT2D eigenvalue weighted by atomic mass is 10.1. The summed E-state index contributed by atoms with van der Waals surface area (Å²) in [5, 5.41) is 11.6. The standard InChI is InChI=1S/C16H21N3O2/c1-12(2)19(13(3)20)9-5-8-18-16(21)15-7-4-6-14(10-15)11-17/h4,6-7,10,12H,5,8-9H2,1-3H3,(H,18,21). The van der Waals surface area contributed by atoms with Gasteiger partial charge in [-0.3, -0.25) is 9.59 Å². The fourth-order valence-corrected chi connectivity index (χ4v) is 2.06. The molecule has 0 aliphatic rings. The van der Waals surface area contributed by atoms with Gasteiger partial charge in [0.05, 0.1) is 11.6 Å². The predicted molar refractivity (Wildman–Crippen MR) is 80.6 cm³/mol. The van der Waals surface area contributed by atoms with E-state index in [1.807, 2.05) is 19.9 Å². The van der Waals surface area contributed by atoms with Crippen LogP contribution in [0.3, 0.4) is 0 Å². The first kappa shape index (κ1) is 16.7. The highest BCUT2D eigenvalue weighted by atomic mass is 16.2. The minimum Gasteiger partial charge on any atom is -0.352 e. The summed E-state index contributed by atoms with van der Waals surface area (Å²) < 4.78 is 0. The fraction of sp³-hybridized carbons (Fsp3) is 0.438. The number of hydrogen-bond acceptors (Lipinski definition) is 3. The van der Waals surface area contributed by atoms with Crippen molar-refractivity contribution in [3.05, 3.63) is 35.4 Å². The lowest BCUT2D eigenvalue weighted by Crippen LogP contribution is -2.37. The lowest BCUT2D eigenvalue weighted by Gasteiger charge is -2.25. The fourth-order valence-electron chi connectivity index (χ4n) is 2.06. The molecule has 1 aromatic carbocycles. The van der Waals surface area contributed by atoms with Crippen LogP contribution in [-0.2, 0) is 4.79 Å². The van der Waals surface area contributed by atoms with Crippen LogP contribution in [0.5, 0.6) is 0 Å². The maximum absolute atomic E-state index is 11.9. The molecule has 21 heavy (non-hydrogen) atoms. The van der Waals surface area contributed by atoms with Crippen molar-refractivity contribution in [3.63, 3.8) is 0 Å². The molecular weight excluding hydrogens is 266 g/mol. The monoisotopic (exact) mass is 287 g/mol. The van der Waals surface area contributed by atoms with Crippen molar-refractivity contribution in [2.45, 2.75) is 33.2 Å². The summed E-state index contributed by atoms with van der Waals surface area (Å²) in [5.41, 5.74) is 0.937. The summed E-state index contributed by atoms with van der Waals surface area (Å²) in [4.78, 5) is 25.1. The minimum absolute atomic E-state index is 0.0399. The number of nitrogens with zero attached hydrogens (tertiary/aromatic N) is 2. The van der Waals surface area contributed by atoms with Crippen LogP contribution in [0.1, 0.15) is 43.1 Å². The Morgan fingerprint density at radius 3 is 2.67 bits per heavy atom. The number of carbonyl (C=O) groups is 2. The molecule has 0 spiro atoms. The van der Waals surface area contributed by atoms with E-state index in [2.05, 4.69) is 5.32 Å². The third-order valence-corrected chi connectivity index (χ3v) is 3.14. The predicted octanol–water partition coefficient (Wildman–Crippen LogP) is 1.94. The van der Waals surface area contributed by atoms with E-state index >= 15 is 0 Å². The lowest BCUT2D eigenvalue weighted by molar-refractivity contribution is -0.130. The molecule has 0 saturated carbocycles. The molecule has 0 atom stereocenters. The summed E-state index contributed by atoms with van der Waals surface area (Å²) >= 11 is 0. The van der Waals surface area contributed by atoms with Crippen LogP contribution in [0, 0.1) is 11.3 Å². The second-order valence-corrected chi connectivity index (χ2v) is 5.11. The summed E-state index contributed by atoms with van der Waals surface area (Å²) in [6.45, 7) is 6.59. The Hall–Kier alpha value is -2.35. The summed E-state index contributed by atoms with van der Waals surface area (Å²) in [6, 6.07) is 8.74. The maximum Gasteiger partial charge on any atom is 0.251 e. The van der Waals surface area contributed by atoms with Gasteiger partial charge in [0, 0.05) is 31.6 Å². The van der Waals surface area contributed by atoms with Gasteiger partial charge in [-0.2, -0.15) is 5.26 Å². The molecule has 0 aromatic heterocycles. The minimum atomic E-state index is -0.203. The van der Waals surface area contributed by atoms with Crippen LogP contribution in [-0.4, -0.2) is 35.8 Å². The van der Waals surface area contributed by atoms with E-state index in [1.54, 1.807) is 36.1 Å². The Bertz CT molecular complexity index is 547. The van der Waals surface area contributed by atoms with Gasteiger partial charge in [0.2, 0.25) is 5.91 Å². The Morgan fingerprint density at radius 1 is 1.38 bits per heavy atom. The molecule has 0 saturated heterocycles. The van der Waals surface area contributed by atoms with Gasteiger partial charge >= 0.3 is 0 Å². The van der Waals surface area contributed by atoms with Gasteiger partial charge < -0.3 is 10.2 Å². The Kier molecular flexibility index (Phi) is 6.41. The molecule has 0 bridgehead atoms. The molecule has 0 aliphatic heterocycles. The first-order chi connectivity index (χ1) is 9.95. The van der Waals surface area contributed by atoms with Gasteiger partial charge in [-0.1, -0.05) is 6.07 Å². The summed E-state index contributed by atoms with van der Waals surface area (Å²) in [5.74, 6) is -0.163. The number of nitrogens with one attached hydrogen (secondary N) is 1. The highest BCUT2D eigenvalue weighted by Crippen LogP contribution is 2.04. The van der Waals surface area contributed by atoms with Crippen molar-refractivity contribution >= 4 is 11.8 Å². The maximum atomic E-state index is 11.9. The molecule has 0 unspecified atom stereocenters. The molecule has 1 N–H and O–H groups in total. The quantitative estimate of drug-likeness (QED) is 0.813. The average molecular weight is 287 g/mol. The zero-order valence-corrected chi connectivity index (χ0v) is 12.7. The normalized spacial score (nSPS) is 10.0. The molecule has 5 nitrogen and oxygen atoms in total. The second kappa shape index (κ2) is 8.05. The van der Waals surface area contributed by atoms with E-state index in [0.29, 0.717) is 30.6 Å². The van der Waals surface area contributed by atoms with Crippen molar-refractivity contribution in [2.24, 2.45) is 0 Å². The van der Waals surface area contributed by atoms with E-state index in [4.69, 9.17) is 5.26 Å². The van der Waals surface area contributed by atoms with Gasteiger partial charge in [0.25, 0.3) is 5.91 Å². The first-order valence-corrected chi connectivity index (χ1v) is 7.01. The molecule has 0 fully saturated rings. The molecule has 1 rings (SSSR count). The van der Waals surface area contributed by atoms with Gasteiger partial charge in [-0.15, -0.1) is 0 Å². The van der Waals surface area contributed by atoms with Crippen molar-refractivity contribution in [1.82, 2.24) is 10.2 Å². The van der Waals surface area contributed by atoms with Crippen molar-refractivity contribution in [1.29, 1.82) is 5.26 Å².